The van der Waals surface area contributed by atoms with E-state index in [-0.39, 0.29) is 6.07 Å². The Morgan fingerprint density at radius 3 is 2.33 bits per heavy atom. The molecule has 3 rings (SSSR count). The molecule has 17 heteroatoms. The van der Waals surface area contributed by atoms with Crippen LogP contribution in [0.15, 0.2) is 17.0 Å². The van der Waals surface area contributed by atoms with E-state index in [0.717, 1.165) is 0 Å². The van der Waals surface area contributed by atoms with Crippen molar-refractivity contribution in [1.29, 1.82) is 5.26 Å². The molecular weight excluding hydrogens is 510 g/mol. The lowest BCUT2D eigenvalue weighted by Gasteiger charge is -2.37. The highest BCUT2D eigenvalue weighted by molar-refractivity contribution is 7.92. The van der Waals surface area contributed by atoms with Gasteiger partial charge in [-0.2, -0.15) is 18.4 Å². The van der Waals surface area contributed by atoms with Crippen LogP contribution in [0.3, 0.4) is 0 Å². The smallest absolute Gasteiger partial charge is 0.578 e. The molecule has 9 nitrogen and oxygen atoms in total. The predicted octanol–water partition coefficient (Wildman–Crippen LogP) is 3.22. The van der Waals surface area contributed by atoms with Gasteiger partial charge in [-0.25, -0.2) is 9.48 Å². The number of benzene rings is 1. The van der Waals surface area contributed by atoms with Crippen LogP contribution in [0.4, 0.5) is 32.2 Å². The van der Waals surface area contributed by atoms with Gasteiger partial charge in [0.1, 0.15) is 17.2 Å². The second kappa shape index (κ2) is 7.71. The number of fused-ring (bicyclic) bond motifs is 3. The Kier molecular flexibility index (Phi) is 5.72. The summed E-state index contributed by atoms with van der Waals surface area (Å²) in [4.78, 5) is 22.3. The molecule has 0 fully saturated rings. The van der Waals surface area contributed by atoms with Crippen LogP contribution >= 0.6 is 11.6 Å². The molecule has 0 radical (unpaired) electrons. The Morgan fingerprint density at radius 1 is 1.27 bits per heavy atom. The number of halogens is 7. The third-order valence-corrected chi connectivity index (χ3v) is 5.99. The number of carbonyl (C=O) groups is 2. The standard InChI is InChI=1S/C16H7ClF6N4O5S/c17-7-2-5(15(18,19)20)1-6-10(7)27-12(25-14(6,13(30)31)3-9(28)29)11(8(4-24)26-27)33(32)16(21,22)23/h1-2,25H,3H2,(H,28,29)(H,30,31). The van der Waals surface area contributed by atoms with Crippen molar-refractivity contribution in [3.63, 3.8) is 0 Å². The highest BCUT2D eigenvalue weighted by atomic mass is 35.5. The zero-order valence-electron chi connectivity index (χ0n) is 15.4. The number of aromatic nitrogens is 2. The van der Waals surface area contributed by atoms with E-state index >= 15 is 0 Å². The first-order valence-corrected chi connectivity index (χ1v) is 9.74. The molecule has 0 aliphatic carbocycles. The summed E-state index contributed by atoms with van der Waals surface area (Å²) >= 11 is 1.95. The van der Waals surface area contributed by atoms with Gasteiger partial charge in [0.05, 0.1) is 22.7 Å². The number of aliphatic carboxylic acids is 2. The van der Waals surface area contributed by atoms with Gasteiger partial charge in [-0.15, -0.1) is 18.3 Å². The fourth-order valence-corrected chi connectivity index (χ4v) is 4.33. The molecule has 0 spiro atoms. The molecule has 33 heavy (non-hydrogen) atoms. The van der Waals surface area contributed by atoms with Crippen LogP contribution in [-0.2, 0) is 32.5 Å². The Morgan fingerprint density at radius 2 is 1.88 bits per heavy atom. The number of hydrogen-bond acceptors (Lipinski definition) is 6. The number of alkyl halides is 6. The van der Waals surface area contributed by atoms with Crippen LogP contribution in [0.5, 0.6) is 0 Å². The van der Waals surface area contributed by atoms with E-state index in [1.165, 1.54) is 6.07 Å². The summed E-state index contributed by atoms with van der Waals surface area (Å²) < 4.78 is 92.0. The number of carboxylic acid groups (broad SMARTS) is 2. The Labute approximate surface area is 186 Å². The lowest BCUT2D eigenvalue weighted by Crippen LogP contribution is -2.49. The van der Waals surface area contributed by atoms with Gasteiger partial charge in [-0.05, 0) is 12.1 Å². The van der Waals surface area contributed by atoms with Gasteiger partial charge in [0, 0.05) is 5.56 Å². The van der Waals surface area contributed by atoms with Crippen LogP contribution in [0, 0.1) is 11.3 Å². The lowest BCUT2D eigenvalue weighted by atomic mass is 9.83. The molecule has 2 heterocycles. The van der Waals surface area contributed by atoms with Crippen molar-refractivity contribution in [3.8, 4) is 11.8 Å². The number of hydrogen-bond donors (Lipinski definition) is 3. The van der Waals surface area contributed by atoms with Gasteiger partial charge in [-0.1, -0.05) is 11.6 Å². The van der Waals surface area contributed by atoms with Gasteiger partial charge in [0.2, 0.25) is 10.6 Å². The van der Waals surface area contributed by atoms with E-state index in [1.54, 1.807) is 0 Å². The quantitative estimate of drug-likeness (QED) is 0.414. The molecule has 1 aromatic heterocycles. The predicted molar refractivity (Wildman–Crippen MR) is 95.9 cm³/mol. The van der Waals surface area contributed by atoms with Gasteiger partial charge < -0.3 is 20.1 Å². The van der Waals surface area contributed by atoms with Crippen LogP contribution in [0.2, 0.25) is 5.02 Å². The van der Waals surface area contributed by atoms with E-state index in [9.17, 15) is 56.0 Å². The zero-order valence-corrected chi connectivity index (χ0v) is 16.9. The number of carboxylic acids is 2. The molecule has 0 saturated carbocycles. The third-order valence-electron chi connectivity index (χ3n) is 4.52. The maximum atomic E-state index is 13.3. The summed E-state index contributed by atoms with van der Waals surface area (Å²) in [6, 6.07) is 1.81. The molecule has 2 atom stereocenters. The molecule has 0 amide bonds. The van der Waals surface area contributed by atoms with E-state index < -0.39 is 85.0 Å². The van der Waals surface area contributed by atoms with Crippen molar-refractivity contribution >= 4 is 40.5 Å². The summed E-state index contributed by atoms with van der Waals surface area (Å²) in [5.41, 5.74) is -12.7. The van der Waals surface area contributed by atoms with E-state index in [1.807, 2.05) is 5.32 Å². The summed E-state index contributed by atoms with van der Waals surface area (Å²) in [5, 5.41) is 32.8. The number of anilines is 1. The van der Waals surface area contributed by atoms with Crippen molar-refractivity contribution in [2.24, 2.45) is 0 Å². The second-order valence-corrected chi connectivity index (χ2v) is 8.34. The molecule has 1 aliphatic heterocycles. The van der Waals surface area contributed by atoms with Crippen LogP contribution in [0.25, 0.3) is 5.69 Å². The molecule has 1 aromatic carbocycles. The van der Waals surface area contributed by atoms with Crippen molar-refractivity contribution < 1.29 is 50.7 Å². The Balaban J connectivity index is 2.50. The molecule has 2 unspecified atom stereocenters. The molecule has 0 saturated heterocycles. The number of rotatable bonds is 4. The first-order valence-electron chi connectivity index (χ1n) is 8.21. The summed E-state index contributed by atoms with van der Waals surface area (Å²) in [7, 11) is 0. The SMILES string of the molecule is N#Cc1nn2c(c1[S+]([O-])C(F)(F)F)NC(CC(=O)O)(C(=O)O)c1cc(C(F)(F)F)cc(Cl)c1-2. The molecule has 3 N–H and O–H groups in total. The Bertz CT molecular complexity index is 1220. The van der Waals surface area contributed by atoms with Crippen LogP contribution < -0.4 is 5.32 Å². The summed E-state index contributed by atoms with van der Waals surface area (Å²) in [6.45, 7) is 0. The van der Waals surface area contributed by atoms with Crippen molar-refractivity contribution in [2.45, 2.75) is 28.5 Å². The van der Waals surface area contributed by atoms with Crippen molar-refractivity contribution in [3.05, 3.63) is 34.0 Å². The van der Waals surface area contributed by atoms with Crippen LogP contribution in [0.1, 0.15) is 23.2 Å². The monoisotopic (exact) mass is 516 g/mol. The number of nitrogens with one attached hydrogen (secondary N) is 1. The minimum Gasteiger partial charge on any atom is -0.604 e. The van der Waals surface area contributed by atoms with E-state index in [4.69, 9.17) is 11.6 Å². The zero-order chi connectivity index (χ0) is 25.1. The average Bonchev–Trinajstić information content (AvgIpc) is 3.02. The lowest BCUT2D eigenvalue weighted by molar-refractivity contribution is -0.149. The second-order valence-electron chi connectivity index (χ2n) is 6.52. The first-order chi connectivity index (χ1) is 15.0. The average molecular weight is 517 g/mol. The highest BCUT2D eigenvalue weighted by Gasteiger charge is 2.55. The Hall–Kier alpha value is -3.16. The fraction of sp³-hybridized carbons (Fsp3) is 0.250. The van der Waals surface area contributed by atoms with Crippen molar-refractivity contribution in [1.82, 2.24) is 9.78 Å². The molecule has 1 aliphatic rings. The summed E-state index contributed by atoms with van der Waals surface area (Å²) in [6.07, 6.45) is -6.55. The summed E-state index contributed by atoms with van der Waals surface area (Å²) in [5.74, 6) is -4.99. The molecule has 176 valence electrons. The fourth-order valence-electron chi connectivity index (χ4n) is 3.22. The van der Waals surface area contributed by atoms with E-state index in [2.05, 4.69) is 5.10 Å². The topological polar surface area (TPSA) is 151 Å². The first kappa shape index (κ1) is 24.5. The van der Waals surface area contributed by atoms with Crippen LogP contribution in [-0.4, -0.2) is 42.0 Å². The largest absolute Gasteiger partial charge is 0.604 e. The van der Waals surface area contributed by atoms with Gasteiger partial charge in [-0.3, -0.25) is 4.79 Å². The van der Waals surface area contributed by atoms with Gasteiger partial charge in [0.25, 0.3) is 0 Å². The molecule has 0 bridgehead atoms. The van der Waals surface area contributed by atoms with E-state index in [0.29, 0.717) is 10.7 Å². The molecular formula is C16H7ClF6N4O5S. The number of nitrogens with zero attached hydrogens (tertiary/aromatic N) is 3. The maximum Gasteiger partial charge on any atom is 0.578 e. The normalized spacial score (nSPS) is 18.5. The van der Waals surface area contributed by atoms with Gasteiger partial charge in [0.15, 0.2) is 11.4 Å². The highest BCUT2D eigenvalue weighted by Crippen LogP contribution is 2.49. The number of nitriles is 1. The minimum atomic E-state index is -5.46. The van der Waals surface area contributed by atoms with Gasteiger partial charge >= 0.3 is 23.6 Å². The molecule has 2 aromatic rings. The van der Waals surface area contributed by atoms with Crippen molar-refractivity contribution in [2.75, 3.05) is 5.32 Å². The maximum absolute atomic E-state index is 13.3. The third kappa shape index (κ3) is 3.92. The minimum absolute atomic E-state index is 0.252.